The molecule has 186 valence electrons. The van der Waals surface area contributed by atoms with E-state index in [0.29, 0.717) is 34.8 Å². The lowest BCUT2D eigenvalue weighted by molar-refractivity contribution is 0.0598. The van der Waals surface area contributed by atoms with Crippen molar-refractivity contribution in [2.75, 3.05) is 18.6 Å². The van der Waals surface area contributed by atoms with Crippen LogP contribution in [0.5, 0.6) is 11.5 Å². The Kier molecular flexibility index (Phi) is 7.91. The summed E-state index contributed by atoms with van der Waals surface area (Å²) in [6.45, 7) is 13.0. The van der Waals surface area contributed by atoms with Gasteiger partial charge in [-0.15, -0.1) is 0 Å². The Labute approximate surface area is 213 Å². The molecule has 0 bridgehead atoms. The summed E-state index contributed by atoms with van der Waals surface area (Å²) in [6.07, 6.45) is 2.84. The fourth-order valence-electron chi connectivity index (χ4n) is 4.78. The highest BCUT2D eigenvalue weighted by molar-refractivity contribution is 7.98. The van der Waals surface area contributed by atoms with Crippen molar-refractivity contribution in [2.24, 2.45) is 10.8 Å². The summed E-state index contributed by atoms with van der Waals surface area (Å²) in [5, 5.41) is 10.1. The summed E-state index contributed by atoms with van der Waals surface area (Å²) >= 11 is 1.54. The Morgan fingerprint density at radius 3 is 2.43 bits per heavy atom. The van der Waals surface area contributed by atoms with Crippen LogP contribution in [0.1, 0.15) is 85.8 Å². The summed E-state index contributed by atoms with van der Waals surface area (Å²) in [4.78, 5) is 28.5. The molecule has 35 heavy (non-hydrogen) atoms. The van der Waals surface area contributed by atoms with Gasteiger partial charge in [0, 0.05) is 16.7 Å². The maximum absolute atomic E-state index is 13.7. The molecule has 1 aliphatic heterocycles. The van der Waals surface area contributed by atoms with Gasteiger partial charge >= 0.3 is 0 Å². The number of thioether (sulfide) groups is 1. The standard InChI is InChI=1S/C29H35NO4S/c1-8-34-24-16-20(12-13-23(24)31)22(17-35-7)30-26(32)21-11-9-10-19(25(21)27(30)33)14-15-29(5,6)18-28(2,3)4/h9-13,16,22,31H,8,17-18H2,1-7H3. The number of rotatable bonds is 7. The van der Waals surface area contributed by atoms with Gasteiger partial charge in [0.1, 0.15) is 0 Å². The van der Waals surface area contributed by atoms with Gasteiger partial charge in [-0.25, -0.2) is 0 Å². The molecule has 1 N–H and O–H groups in total. The van der Waals surface area contributed by atoms with Crippen molar-refractivity contribution in [1.29, 1.82) is 0 Å². The van der Waals surface area contributed by atoms with Crippen molar-refractivity contribution in [1.82, 2.24) is 4.90 Å². The van der Waals surface area contributed by atoms with E-state index in [-0.39, 0.29) is 28.4 Å². The zero-order chi connectivity index (χ0) is 26.0. The number of carbonyl (C=O) groups is 2. The smallest absolute Gasteiger partial charge is 0.263 e. The molecule has 1 heterocycles. The third-order valence-corrected chi connectivity index (χ3v) is 6.41. The van der Waals surface area contributed by atoms with Crippen LogP contribution in [0.3, 0.4) is 0 Å². The minimum atomic E-state index is -0.504. The number of phenolic OH excluding ortho intramolecular Hbond substituents is 1. The number of phenols is 1. The van der Waals surface area contributed by atoms with E-state index in [9.17, 15) is 14.7 Å². The maximum Gasteiger partial charge on any atom is 0.263 e. The summed E-state index contributed by atoms with van der Waals surface area (Å²) in [7, 11) is 0. The Hall–Kier alpha value is -2.91. The van der Waals surface area contributed by atoms with Gasteiger partial charge in [0.25, 0.3) is 11.8 Å². The molecule has 1 unspecified atom stereocenters. The second-order valence-electron chi connectivity index (χ2n) is 10.7. The van der Waals surface area contributed by atoms with E-state index in [2.05, 4.69) is 46.5 Å². The molecule has 0 saturated carbocycles. The predicted octanol–water partition coefficient (Wildman–Crippen LogP) is 6.31. The molecule has 0 radical (unpaired) electrons. The van der Waals surface area contributed by atoms with E-state index >= 15 is 0 Å². The van der Waals surface area contributed by atoms with Gasteiger partial charge < -0.3 is 9.84 Å². The van der Waals surface area contributed by atoms with E-state index < -0.39 is 6.04 Å². The van der Waals surface area contributed by atoms with Crippen molar-refractivity contribution in [3.8, 4) is 23.3 Å². The number of nitrogens with zero attached hydrogens (tertiary/aromatic N) is 1. The molecule has 0 aliphatic carbocycles. The largest absolute Gasteiger partial charge is 0.504 e. The number of benzene rings is 2. The van der Waals surface area contributed by atoms with Crippen molar-refractivity contribution >= 4 is 23.6 Å². The lowest BCUT2D eigenvalue weighted by atomic mass is 9.76. The lowest BCUT2D eigenvalue weighted by Gasteiger charge is -2.28. The van der Waals surface area contributed by atoms with Crippen molar-refractivity contribution in [2.45, 2.75) is 54.0 Å². The Morgan fingerprint density at radius 1 is 1.09 bits per heavy atom. The third kappa shape index (κ3) is 6.02. The number of imide groups is 1. The van der Waals surface area contributed by atoms with Crippen LogP contribution in [0, 0.1) is 22.7 Å². The van der Waals surface area contributed by atoms with Gasteiger partial charge in [-0.3, -0.25) is 14.5 Å². The molecule has 2 aromatic carbocycles. The number of hydrogen-bond donors (Lipinski definition) is 1. The van der Waals surface area contributed by atoms with Gasteiger partial charge in [-0.05, 0) is 68.7 Å². The highest BCUT2D eigenvalue weighted by Gasteiger charge is 2.42. The fourth-order valence-corrected chi connectivity index (χ4v) is 5.44. The number of carbonyl (C=O) groups excluding carboxylic acids is 2. The molecule has 0 aromatic heterocycles. The second kappa shape index (κ2) is 10.4. The minimum Gasteiger partial charge on any atom is -0.504 e. The highest BCUT2D eigenvalue weighted by Crippen LogP contribution is 2.38. The summed E-state index contributed by atoms with van der Waals surface area (Å²) in [5.74, 6) is 6.77. The summed E-state index contributed by atoms with van der Waals surface area (Å²) in [6, 6.07) is 9.77. The van der Waals surface area contributed by atoms with Crippen LogP contribution in [-0.2, 0) is 0 Å². The van der Waals surface area contributed by atoms with Crippen LogP contribution in [0.15, 0.2) is 36.4 Å². The molecule has 5 nitrogen and oxygen atoms in total. The molecule has 0 fully saturated rings. The fraction of sp³-hybridized carbons (Fsp3) is 0.448. The van der Waals surface area contributed by atoms with E-state index in [1.54, 1.807) is 42.1 Å². The van der Waals surface area contributed by atoms with Crippen LogP contribution in [-0.4, -0.2) is 40.4 Å². The van der Waals surface area contributed by atoms with E-state index in [4.69, 9.17) is 4.74 Å². The van der Waals surface area contributed by atoms with Gasteiger partial charge in [0.05, 0.1) is 23.8 Å². The molecule has 1 atom stereocenters. The molecule has 2 aromatic rings. The Balaban J connectivity index is 2.02. The van der Waals surface area contributed by atoms with Gasteiger partial charge in [0.15, 0.2) is 11.5 Å². The first-order valence-corrected chi connectivity index (χ1v) is 13.3. The molecule has 6 heteroatoms. The third-order valence-electron chi connectivity index (χ3n) is 5.76. The summed E-state index contributed by atoms with van der Waals surface area (Å²) < 4.78 is 5.54. The minimum absolute atomic E-state index is 0.0243. The maximum atomic E-state index is 13.7. The first-order chi connectivity index (χ1) is 16.4. The van der Waals surface area contributed by atoms with Crippen molar-refractivity contribution < 1.29 is 19.4 Å². The Bertz CT molecular complexity index is 1180. The van der Waals surface area contributed by atoms with Crippen LogP contribution >= 0.6 is 11.8 Å². The molecular weight excluding hydrogens is 458 g/mol. The predicted molar refractivity (Wildman–Crippen MR) is 142 cm³/mol. The van der Waals surface area contributed by atoms with Gasteiger partial charge in [-0.2, -0.15) is 11.8 Å². The van der Waals surface area contributed by atoms with E-state index in [0.717, 1.165) is 12.0 Å². The topological polar surface area (TPSA) is 66.8 Å². The van der Waals surface area contributed by atoms with Gasteiger partial charge in [0.2, 0.25) is 0 Å². The first-order valence-electron chi connectivity index (χ1n) is 11.9. The van der Waals surface area contributed by atoms with Crippen molar-refractivity contribution in [3.05, 3.63) is 58.7 Å². The van der Waals surface area contributed by atoms with Crippen LogP contribution in [0.25, 0.3) is 0 Å². The monoisotopic (exact) mass is 493 g/mol. The molecular formula is C29H35NO4S. The van der Waals surface area contributed by atoms with Crippen LogP contribution < -0.4 is 4.74 Å². The van der Waals surface area contributed by atoms with Gasteiger partial charge in [-0.1, -0.05) is 44.7 Å². The molecule has 2 amide bonds. The molecule has 3 rings (SSSR count). The van der Waals surface area contributed by atoms with Crippen LogP contribution in [0.4, 0.5) is 0 Å². The zero-order valence-electron chi connectivity index (χ0n) is 21.7. The molecule has 0 saturated heterocycles. The normalized spacial score (nSPS) is 14.4. The second-order valence-corrected chi connectivity index (χ2v) is 11.6. The first kappa shape index (κ1) is 26.7. The number of fused-ring (bicyclic) bond motifs is 1. The number of ether oxygens (including phenoxy) is 1. The Morgan fingerprint density at radius 2 is 1.80 bits per heavy atom. The lowest BCUT2D eigenvalue weighted by Crippen LogP contribution is -2.35. The number of hydrogen-bond acceptors (Lipinski definition) is 5. The number of amides is 2. The quantitative estimate of drug-likeness (QED) is 0.362. The average Bonchev–Trinajstić information content (AvgIpc) is 3.01. The zero-order valence-corrected chi connectivity index (χ0v) is 22.5. The number of aromatic hydroxyl groups is 1. The molecule has 0 spiro atoms. The van der Waals surface area contributed by atoms with Crippen molar-refractivity contribution in [3.63, 3.8) is 0 Å². The van der Waals surface area contributed by atoms with E-state index in [1.165, 1.54) is 4.90 Å². The van der Waals surface area contributed by atoms with E-state index in [1.807, 2.05) is 19.2 Å². The van der Waals surface area contributed by atoms with Crippen LogP contribution in [0.2, 0.25) is 0 Å². The summed E-state index contributed by atoms with van der Waals surface area (Å²) in [5.41, 5.74) is 1.93. The molecule has 1 aliphatic rings. The SMILES string of the molecule is CCOc1cc(C(CSC)N2C(=O)c3cccc(C#CC(C)(C)CC(C)(C)C)c3C2=O)ccc1O. The highest BCUT2D eigenvalue weighted by atomic mass is 32.2. The average molecular weight is 494 g/mol.